The minimum absolute atomic E-state index is 0.276. The molecule has 0 heterocycles. The Labute approximate surface area is 141 Å². The molecule has 0 amide bonds. The SMILES string of the molecule is CCOC(Cc1ccc(OCc2ccccc2)c(OC)c1)C(=O)O. The standard InChI is InChI=1S/C19H22O5/c1-3-23-18(19(20)21)12-15-9-10-16(17(11-15)22-2)24-13-14-7-5-4-6-8-14/h4-11,18H,3,12-13H2,1-2H3,(H,20,21). The van der Waals surface area contributed by atoms with Crippen LogP contribution in [0.3, 0.4) is 0 Å². The number of ether oxygens (including phenoxy) is 3. The van der Waals surface area contributed by atoms with E-state index in [-0.39, 0.29) is 6.42 Å². The summed E-state index contributed by atoms with van der Waals surface area (Å²) in [5, 5.41) is 9.18. The summed E-state index contributed by atoms with van der Waals surface area (Å²) in [6.45, 7) is 2.57. The molecule has 2 aromatic carbocycles. The number of rotatable bonds is 9. The van der Waals surface area contributed by atoms with Crippen molar-refractivity contribution >= 4 is 5.97 Å². The Morgan fingerprint density at radius 1 is 1.08 bits per heavy atom. The second-order valence-corrected chi connectivity index (χ2v) is 5.25. The normalized spacial score (nSPS) is 11.8. The third-order valence-corrected chi connectivity index (χ3v) is 3.53. The first-order valence-corrected chi connectivity index (χ1v) is 7.82. The molecular formula is C19H22O5. The van der Waals surface area contributed by atoms with Gasteiger partial charge in [-0.15, -0.1) is 0 Å². The van der Waals surface area contributed by atoms with Gasteiger partial charge >= 0.3 is 5.97 Å². The summed E-state index contributed by atoms with van der Waals surface area (Å²) in [5.41, 5.74) is 1.88. The maximum Gasteiger partial charge on any atom is 0.333 e. The number of methoxy groups -OCH3 is 1. The van der Waals surface area contributed by atoms with Crippen molar-refractivity contribution in [2.45, 2.75) is 26.1 Å². The van der Waals surface area contributed by atoms with Gasteiger partial charge in [-0.1, -0.05) is 36.4 Å². The molecule has 1 atom stereocenters. The molecular weight excluding hydrogens is 308 g/mol. The maximum absolute atomic E-state index is 11.2. The number of aliphatic carboxylic acids is 1. The fraction of sp³-hybridized carbons (Fsp3) is 0.316. The van der Waals surface area contributed by atoms with Crippen molar-refractivity contribution in [1.29, 1.82) is 0 Å². The fourth-order valence-electron chi connectivity index (χ4n) is 2.33. The molecule has 0 spiro atoms. The van der Waals surface area contributed by atoms with Gasteiger partial charge in [-0.3, -0.25) is 0 Å². The van der Waals surface area contributed by atoms with Gasteiger partial charge in [-0.25, -0.2) is 4.79 Å². The van der Waals surface area contributed by atoms with E-state index in [9.17, 15) is 9.90 Å². The molecule has 0 aliphatic rings. The summed E-state index contributed by atoms with van der Waals surface area (Å²) < 4.78 is 16.4. The molecule has 0 saturated carbocycles. The molecule has 128 valence electrons. The highest BCUT2D eigenvalue weighted by Gasteiger charge is 2.19. The lowest BCUT2D eigenvalue weighted by molar-refractivity contribution is -0.149. The zero-order chi connectivity index (χ0) is 17.4. The van der Waals surface area contributed by atoms with Crippen molar-refractivity contribution in [3.05, 3.63) is 59.7 Å². The predicted molar refractivity (Wildman–Crippen MR) is 90.5 cm³/mol. The number of hydrogen-bond donors (Lipinski definition) is 1. The Morgan fingerprint density at radius 3 is 2.46 bits per heavy atom. The Hall–Kier alpha value is -2.53. The second-order valence-electron chi connectivity index (χ2n) is 5.25. The quantitative estimate of drug-likeness (QED) is 0.764. The Balaban J connectivity index is 2.07. The highest BCUT2D eigenvalue weighted by molar-refractivity contribution is 5.72. The van der Waals surface area contributed by atoms with Gasteiger partial charge in [0.25, 0.3) is 0 Å². The lowest BCUT2D eigenvalue weighted by Crippen LogP contribution is -2.26. The molecule has 5 nitrogen and oxygen atoms in total. The van der Waals surface area contributed by atoms with Gasteiger partial charge in [0.1, 0.15) is 6.61 Å². The van der Waals surface area contributed by atoms with E-state index < -0.39 is 12.1 Å². The number of carboxylic acid groups (broad SMARTS) is 1. The Kier molecular flexibility index (Phi) is 6.63. The van der Waals surface area contributed by atoms with Crippen LogP contribution in [-0.2, 0) is 22.6 Å². The van der Waals surface area contributed by atoms with E-state index in [0.717, 1.165) is 11.1 Å². The maximum atomic E-state index is 11.2. The molecule has 0 aliphatic heterocycles. The lowest BCUT2D eigenvalue weighted by atomic mass is 10.1. The van der Waals surface area contributed by atoms with Crippen molar-refractivity contribution < 1.29 is 24.1 Å². The van der Waals surface area contributed by atoms with E-state index in [0.29, 0.717) is 24.7 Å². The first-order valence-electron chi connectivity index (χ1n) is 7.82. The van der Waals surface area contributed by atoms with Crippen LogP contribution in [0, 0.1) is 0 Å². The first kappa shape index (κ1) is 17.8. The van der Waals surface area contributed by atoms with E-state index in [1.165, 1.54) is 0 Å². The van der Waals surface area contributed by atoms with Crippen LogP contribution < -0.4 is 9.47 Å². The van der Waals surface area contributed by atoms with Crippen LogP contribution in [0.5, 0.6) is 11.5 Å². The molecule has 5 heteroatoms. The molecule has 2 rings (SSSR count). The zero-order valence-corrected chi connectivity index (χ0v) is 13.9. The molecule has 0 aromatic heterocycles. The van der Waals surface area contributed by atoms with Crippen LogP contribution in [0.25, 0.3) is 0 Å². The molecule has 1 unspecified atom stereocenters. The van der Waals surface area contributed by atoms with Gasteiger partial charge in [0.05, 0.1) is 7.11 Å². The monoisotopic (exact) mass is 330 g/mol. The van der Waals surface area contributed by atoms with Gasteiger partial charge in [-0.2, -0.15) is 0 Å². The third kappa shape index (κ3) is 4.99. The molecule has 2 aromatic rings. The fourth-order valence-corrected chi connectivity index (χ4v) is 2.33. The minimum Gasteiger partial charge on any atom is -0.493 e. The van der Waals surface area contributed by atoms with Crippen LogP contribution in [0.1, 0.15) is 18.1 Å². The van der Waals surface area contributed by atoms with Gasteiger partial charge in [0, 0.05) is 13.0 Å². The second kappa shape index (κ2) is 8.93. The largest absolute Gasteiger partial charge is 0.493 e. The minimum atomic E-state index is -0.972. The summed E-state index contributed by atoms with van der Waals surface area (Å²) in [6.07, 6.45) is -0.589. The van der Waals surface area contributed by atoms with Crippen LogP contribution >= 0.6 is 0 Å². The van der Waals surface area contributed by atoms with E-state index in [1.807, 2.05) is 36.4 Å². The van der Waals surface area contributed by atoms with E-state index >= 15 is 0 Å². The first-order chi connectivity index (χ1) is 11.6. The average Bonchev–Trinajstić information content (AvgIpc) is 2.60. The topological polar surface area (TPSA) is 65.0 Å². The van der Waals surface area contributed by atoms with Gasteiger partial charge in [0.15, 0.2) is 17.6 Å². The highest BCUT2D eigenvalue weighted by Crippen LogP contribution is 2.29. The molecule has 0 fully saturated rings. The molecule has 1 N–H and O–H groups in total. The summed E-state index contributed by atoms with van der Waals surface area (Å²) >= 11 is 0. The van der Waals surface area contributed by atoms with Crippen molar-refractivity contribution in [3.63, 3.8) is 0 Å². The Bertz CT molecular complexity index is 654. The predicted octanol–water partition coefficient (Wildman–Crippen LogP) is 3.31. The van der Waals surface area contributed by atoms with Crippen molar-refractivity contribution in [3.8, 4) is 11.5 Å². The summed E-state index contributed by atoms with van der Waals surface area (Å²) in [5.74, 6) is 0.220. The van der Waals surface area contributed by atoms with Crippen LogP contribution in [0.15, 0.2) is 48.5 Å². The number of hydrogen-bond acceptors (Lipinski definition) is 4. The van der Waals surface area contributed by atoms with Gasteiger partial charge < -0.3 is 19.3 Å². The Morgan fingerprint density at radius 2 is 1.83 bits per heavy atom. The molecule has 24 heavy (non-hydrogen) atoms. The molecule has 0 saturated heterocycles. The van der Waals surface area contributed by atoms with Crippen molar-refractivity contribution in [2.24, 2.45) is 0 Å². The lowest BCUT2D eigenvalue weighted by Gasteiger charge is -2.15. The van der Waals surface area contributed by atoms with E-state index in [4.69, 9.17) is 14.2 Å². The number of carbonyl (C=O) groups is 1. The smallest absolute Gasteiger partial charge is 0.333 e. The van der Waals surface area contributed by atoms with Crippen LogP contribution in [0.2, 0.25) is 0 Å². The van der Waals surface area contributed by atoms with E-state index in [1.54, 1.807) is 26.2 Å². The van der Waals surface area contributed by atoms with Crippen LogP contribution in [-0.4, -0.2) is 30.9 Å². The summed E-state index contributed by atoms with van der Waals surface area (Å²) in [4.78, 5) is 11.2. The zero-order valence-electron chi connectivity index (χ0n) is 13.9. The van der Waals surface area contributed by atoms with Gasteiger partial charge in [-0.05, 0) is 30.2 Å². The van der Waals surface area contributed by atoms with Crippen molar-refractivity contribution in [1.82, 2.24) is 0 Å². The summed E-state index contributed by atoms with van der Waals surface area (Å²) in [6, 6.07) is 15.3. The number of benzene rings is 2. The number of carboxylic acids is 1. The highest BCUT2D eigenvalue weighted by atomic mass is 16.5. The molecule has 0 aliphatic carbocycles. The molecule has 0 bridgehead atoms. The van der Waals surface area contributed by atoms with Crippen LogP contribution in [0.4, 0.5) is 0 Å². The van der Waals surface area contributed by atoms with Crippen molar-refractivity contribution in [2.75, 3.05) is 13.7 Å². The third-order valence-electron chi connectivity index (χ3n) is 3.53. The van der Waals surface area contributed by atoms with Gasteiger partial charge in [0.2, 0.25) is 0 Å². The van der Waals surface area contributed by atoms with E-state index in [2.05, 4.69) is 0 Å². The summed E-state index contributed by atoms with van der Waals surface area (Å²) in [7, 11) is 1.56. The average molecular weight is 330 g/mol. The molecule has 0 radical (unpaired) electrons.